The molecule has 3 nitrogen and oxygen atoms in total. The summed E-state index contributed by atoms with van der Waals surface area (Å²) in [6.45, 7) is 2.71. The van der Waals surface area contributed by atoms with E-state index < -0.39 is 0 Å². The molecule has 1 N–H and O–H groups in total. The molecule has 110 valence electrons. The van der Waals surface area contributed by atoms with E-state index >= 15 is 0 Å². The van der Waals surface area contributed by atoms with Gasteiger partial charge in [0.2, 0.25) is 0 Å². The Morgan fingerprint density at radius 3 is 3.05 bits per heavy atom. The molecule has 0 saturated carbocycles. The minimum atomic E-state index is 0.279. The van der Waals surface area contributed by atoms with Crippen LogP contribution in [0.4, 0.5) is 0 Å². The van der Waals surface area contributed by atoms with Gasteiger partial charge in [0, 0.05) is 23.9 Å². The fraction of sp³-hybridized carbons (Fsp3) is 0.389. The van der Waals surface area contributed by atoms with Gasteiger partial charge in [-0.1, -0.05) is 18.2 Å². The highest BCUT2D eigenvalue weighted by atomic mass is 16.5. The Bertz CT molecular complexity index is 612. The third-order valence-electron chi connectivity index (χ3n) is 4.24. The van der Waals surface area contributed by atoms with Gasteiger partial charge in [-0.25, -0.2) is 0 Å². The molecule has 1 heterocycles. The van der Waals surface area contributed by atoms with Crippen LogP contribution >= 0.6 is 0 Å². The monoisotopic (exact) mass is 282 g/mol. The number of nitrogens with one attached hydrogen (secondary N) is 1. The first-order chi connectivity index (χ1) is 10.3. The number of aryl methyl sites for hydroxylation is 1. The van der Waals surface area contributed by atoms with Gasteiger partial charge in [-0.2, -0.15) is 0 Å². The summed E-state index contributed by atoms with van der Waals surface area (Å²) in [5.74, 6) is 1.37. The first-order valence-corrected chi connectivity index (χ1v) is 7.67. The third kappa shape index (κ3) is 2.79. The zero-order valence-electron chi connectivity index (χ0n) is 12.7. The number of benzene rings is 1. The smallest absolute Gasteiger partial charge is 0.119 e. The number of hydrogen-bond donors (Lipinski definition) is 1. The maximum Gasteiger partial charge on any atom is 0.119 e. The topological polar surface area (TPSA) is 34.1 Å². The molecular formula is C18H22N2O. The van der Waals surface area contributed by atoms with Crippen molar-refractivity contribution in [1.29, 1.82) is 0 Å². The quantitative estimate of drug-likeness (QED) is 0.911. The van der Waals surface area contributed by atoms with Gasteiger partial charge in [-0.15, -0.1) is 0 Å². The Hall–Kier alpha value is -1.87. The summed E-state index contributed by atoms with van der Waals surface area (Å²) in [5, 5.41) is 3.47. The van der Waals surface area contributed by atoms with Gasteiger partial charge in [0.25, 0.3) is 0 Å². The van der Waals surface area contributed by atoms with E-state index in [1.807, 2.05) is 32.3 Å². The molecule has 2 atom stereocenters. The second kappa shape index (κ2) is 6.27. The fourth-order valence-electron chi connectivity index (χ4n) is 3.33. The fourth-order valence-corrected chi connectivity index (χ4v) is 3.33. The number of pyridine rings is 1. The summed E-state index contributed by atoms with van der Waals surface area (Å²) in [4.78, 5) is 4.62. The van der Waals surface area contributed by atoms with Crippen LogP contribution in [0.15, 0.2) is 42.6 Å². The number of ether oxygens (including phenoxy) is 1. The van der Waals surface area contributed by atoms with Crippen molar-refractivity contribution >= 4 is 0 Å². The van der Waals surface area contributed by atoms with Crippen LogP contribution < -0.4 is 10.1 Å². The van der Waals surface area contributed by atoms with Gasteiger partial charge in [-0.3, -0.25) is 4.98 Å². The van der Waals surface area contributed by atoms with E-state index in [9.17, 15) is 0 Å². The van der Waals surface area contributed by atoms with Gasteiger partial charge in [0.1, 0.15) is 5.75 Å². The van der Waals surface area contributed by atoms with Gasteiger partial charge in [0.05, 0.1) is 6.61 Å². The van der Waals surface area contributed by atoms with Crippen LogP contribution in [-0.4, -0.2) is 18.6 Å². The highest BCUT2D eigenvalue weighted by Gasteiger charge is 2.31. The lowest BCUT2D eigenvalue weighted by Gasteiger charge is -2.24. The number of nitrogens with zero attached hydrogens (tertiary/aromatic N) is 1. The summed E-state index contributed by atoms with van der Waals surface area (Å²) in [6, 6.07) is 12.9. The summed E-state index contributed by atoms with van der Waals surface area (Å²) in [5.41, 5.74) is 3.91. The molecule has 2 unspecified atom stereocenters. The molecule has 0 amide bonds. The first kappa shape index (κ1) is 14.1. The average molecular weight is 282 g/mol. The number of likely N-dealkylation sites (N-methyl/N-ethyl adjacent to an activating group) is 1. The Morgan fingerprint density at radius 2 is 2.24 bits per heavy atom. The molecule has 3 heteroatoms. The predicted molar refractivity (Wildman–Crippen MR) is 84.7 cm³/mol. The molecule has 0 radical (unpaired) electrons. The minimum absolute atomic E-state index is 0.279. The van der Waals surface area contributed by atoms with E-state index in [4.69, 9.17) is 4.74 Å². The van der Waals surface area contributed by atoms with E-state index in [1.165, 1.54) is 16.8 Å². The predicted octanol–water partition coefficient (Wildman–Crippen LogP) is 3.47. The molecule has 1 aliphatic carbocycles. The summed E-state index contributed by atoms with van der Waals surface area (Å²) in [6.07, 6.45) is 4.17. The molecule has 0 bridgehead atoms. The molecule has 3 rings (SSSR count). The van der Waals surface area contributed by atoms with Gasteiger partial charge in [0.15, 0.2) is 0 Å². The lowest BCUT2D eigenvalue weighted by molar-refractivity contribution is 0.339. The summed E-state index contributed by atoms with van der Waals surface area (Å²) >= 11 is 0. The molecule has 0 fully saturated rings. The zero-order valence-corrected chi connectivity index (χ0v) is 12.7. The van der Waals surface area contributed by atoms with Crippen molar-refractivity contribution < 1.29 is 4.74 Å². The molecule has 1 aliphatic rings. The Morgan fingerprint density at radius 1 is 1.33 bits per heavy atom. The van der Waals surface area contributed by atoms with Crippen LogP contribution in [0.5, 0.6) is 5.75 Å². The van der Waals surface area contributed by atoms with E-state index in [0.29, 0.717) is 12.5 Å². The molecule has 0 aliphatic heterocycles. The lowest BCUT2D eigenvalue weighted by Crippen LogP contribution is -2.23. The SMILES string of the molecule is CCOc1cccc(C(NC)C2CCc3cccnc32)c1. The van der Waals surface area contributed by atoms with Crippen molar-refractivity contribution in [2.24, 2.45) is 0 Å². The summed E-state index contributed by atoms with van der Waals surface area (Å²) in [7, 11) is 2.03. The van der Waals surface area contributed by atoms with E-state index in [1.54, 1.807) is 0 Å². The van der Waals surface area contributed by atoms with Crippen molar-refractivity contribution in [3.63, 3.8) is 0 Å². The maximum absolute atomic E-state index is 5.63. The van der Waals surface area contributed by atoms with Crippen molar-refractivity contribution in [3.8, 4) is 5.75 Å². The number of hydrogen-bond acceptors (Lipinski definition) is 3. The molecular weight excluding hydrogens is 260 g/mol. The number of aromatic nitrogens is 1. The molecule has 2 aromatic rings. The Balaban J connectivity index is 1.91. The van der Waals surface area contributed by atoms with Gasteiger partial charge >= 0.3 is 0 Å². The number of rotatable bonds is 5. The second-order valence-corrected chi connectivity index (χ2v) is 5.46. The van der Waals surface area contributed by atoms with Crippen LogP contribution in [0.1, 0.15) is 42.1 Å². The molecule has 1 aromatic heterocycles. The first-order valence-electron chi connectivity index (χ1n) is 7.67. The summed E-state index contributed by atoms with van der Waals surface area (Å²) < 4.78 is 5.63. The maximum atomic E-state index is 5.63. The van der Waals surface area contributed by atoms with Crippen LogP contribution in [0.3, 0.4) is 0 Å². The molecule has 21 heavy (non-hydrogen) atoms. The van der Waals surface area contributed by atoms with Crippen LogP contribution in [0, 0.1) is 0 Å². The van der Waals surface area contributed by atoms with Crippen molar-refractivity contribution in [3.05, 3.63) is 59.4 Å². The minimum Gasteiger partial charge on any atom is -0.494 e. The normalized spacial score (nSPS) is 18.3. The third-order valence-corrected chi connectivity index (χ3v) is 4.24. The van der Waals surface area contributed by atoms with Crippen LogP contribution in [0.2, 0.25) is 0 Å². The lowest BCUT2D eigenvalue weighted by atomic mass is 9.91. The van der Waals surface area contributed by atoms with E-state index in [0.717, 1.165) is 18.6 Å². The van der Waals surface area contributed by atoms with Crippen molar-refractivity contribution in [2.75, 3.05) is 13.7 Å². The Labute approximate surface area is 126 Å². The molecule has 0 saturated heterocycles. The average Bonchev–Trinajstić information content (AvgIpc) is 2.93. The highest BCUT2D eigenvalue weighted by molar-refractivity contribution is 5.36. The van der Waals surface area contributed by atoms with Gasteiger partial charge < -0.3 is 10.1 Å². The van der Waals surface area contributed by atoms with E-state index in [2.05, 4.69) is 34.6 Å². The van der Waals surface area contributed by atoms with Crippen LogP contribution in [0.25, 0.3) is 0 Å². The zero-order chi connectivity index (χ0) is 14.7. The second-order valence-electron chi connectivity index (χ2n) is 5.46. The van der Waals surface area contributed by atoms with Crippen molar-refractivity contribution in [1.82, 2.24) is 10.3 Å². The van der Waals surface area contributed by atoms with Crippen molar-refractivity contribution in [2.45, 2.75) is 31.7 Å². The number of fused-ring (bicyclic) bond motifs is 1. The van der Waals surface area contributed by atoms with E-state index in [-0.39, 0.29) is 6.04 Å². The molecule has 0 spiro atoms. The Kier molecular flexibility index (Phi) is 4.20. The molecule has 1 aromatic carbocycles. The largest absolute Gasteiger partial charge is 0.494 e. The highest BCUT2D eigenvalue weighted by Crippen LogP contribution is 2.40. The standard InChI is InChI=1S/C18H22N2O/c1-3-21-15-8-4-6-14(12-15)17(19-2)16-10-9-13-7-5-11-20-18(13)16/h4-8,11-12,16-17,19H,3,9-10H2,1-2H3. The van der Waals surface area contributed by atoms with Crippen LogP contribution in [-0.2, 0) is 6.42 Å². The van der Waals surface area contributed by atoms with Gasteiger partial charge in [-0.05, 0) is 56.1 Å².